The van der Waals surface area contributed by atoms with Crippen LogP contribution >= 0.6 is 15.9 Å². The zero-order valence-electron chi connectivity index (χ0n) is 9.26. The lowest BCUT2D eigenvalue weighted by Crippen LogP contribution is -2.45. The highest BCUT2D eigenvalue weighted by Crippen LogP contribution is 2.24. The Hall–Kier alpha value is -1.11. The SMILES string of the molecule is C[C@H](NC(=O)C(F)(F)C(F)F)c1ccc(Br)cc1. The van der Waals surface area contributed by atoms with E-state index in [-0.39, 0.29) is 0 Å². The Labute approximate surface area is 109 Å². The maximum atomic E-state index is 12.7. The summed E-state index contributed by atoms with van der Waals surface area (Å²) >= 11 is 3.19. The third-order valence-corrected chi connectivity index (χ3v) is 2.82. The number of nitrogens with one attached hydrogen (secondary N) is 1. The van der Waals surface area contributed by atoms with E-state index in [1.807, 2.05) is 5.32 Å². The van der Waals surface area contributed by atoms with E-state index in [2.05, 4.69) is 15.9 Å². The third-order valence-electron chi connectivity index (χ3n) is 2.29. The lowest BCUT2D eigenvalue weighted by molar-refractivity contribution is -0.170. The first-order valence-corrected chi connectivity index (χ1v) is 5.77. The number of hydrogen-bond donors (Lipinski definition) is 1. The molecule has 0 spiro atoms. The van der Waals surface area contributed by atoms with Gasteiger partial charge in [0.15, 0.2) is 0 Å². The van der Waals surface area contributed by atoms with Crippen LogP contribution in [0.25, 0.3) is 0 Å². The fourth-order valence-electron chi connectivity index (χ4n) is 1.23. The number of halogens is 5. The summed E-state index contributed by atoms with van der Waals surface area (Å²) in [5.74, 6) is -6.66. The summed E-state index contributed by atoms with van der Waals surface area (Å²) in [5.41, 5.74) is 0.539. The largest absolute Gasteiger partial charge is 0.383 e. The van der Waals surface area contributed by atoms with E-state index in [1.165, 1.54) is 6.92 Å². The summed E-state index contributed by atoms with van der Waals surface area (Å²) in [4.78, 5) is 11.0. The van der Waals surface area contributed by atoms with Gasteiger partial charge in [-0.15, -0.1) is 0 Å². The van der Waals surface area contributed by atoms with Crippen molar-refractivity contribution in [3.8, 4) is 0 Å². The standard InChI is InChI=1S/C11H10BrF4NO/c1-6(7-2-4-8(12)5-3-7)17-10(18)11(15,16)9(13)14/h2-6,9H,1H3,(H,17,18)/t6-/m0/s1. The van der Waals surface area contributed by atoms with E-state index in [0.717, 1.165) is 4.47 Å². The number of carbonyl (C=O) groups is 1. The molecule has 0 aliphatic rings. The highest BCUT2D eigenvalue weighted by Gasteiger charge is 2.49. The van der Waals surface area contributed by atoms with E-state index in [1.54, 1.807) is 24.3 Å². The zero-order valence-corrected chi connectivity index (χ0v) is 10.8. The van der Waals surface area contributed by atoms with Gasteiger partial charge in [-0.25, -0.2) is 8.78 Å². The van der Waals surface area contributed by atoms with Gasteiger partial charge < -0.3 is 5.32 Å². The smallest absolute Gasteiger partial charge is 0.344 e. The Morgan fingerprint density at radius 2 is 1.78 bits per heavy atom. The fraction of sp³-hybridized carbons (Fsp3) is 0.364. The van der Waals surface area contributed by atoms with Crippen molar-refractivity contribution in [3.05, 3.63) is 34.3 Å². The minimum absolute atomic E-state index is 0.539. The van der Waals surface area contributed by atoms with Crippen LogP contribution in [0.15, 0.2) is 28.7 Å². The summed E-state index contributed by atoms with van der Waals surface area (Å²) in [7, 11) is 0. The molecular weight excluding hydrogens is 318 g/mol. The van der Waals surface area contributed by atoms with Crippen molar-refractivity contribution in [1.82, 2.24) is 5.32 Å². The van der Waals surface area contributed by atoms with Gasteiger partial charge >= 0.3 is 12.3 Å². The van der Waals surface area contributed by atoms with Crippen LogP contribution in [0.1, 0.15) is 18.5 Å². The van der Waals surface area contributed by atoms with Crippen LogP contribution in [0, 0.1) is 0 Å². The van der Waals surface area contributed by atoms with Gasteiger partial charge in [0.25, 0.3) is 5.91 Å². The van der Waals surface area contributed by atoms with Crippen molar-refractivity contribution in [2.75, 3.05) is 0 Å². The summed E-state index contributed by atoms with van der Waals surface area (Å²) in [6.07, 6.45) is -4.02. The molecule has 1 rings (SSSR count). The normalized spacial score (nSPS) is 13.5. The highest BCUT2D eigenvalue weighted by atomic mass is 79.9. The van der Waals surface area contributed by atoms with Crippen molar-refractivity contribution in [2.45, 2.75) is 25.3 Å². The van der Waals surface area contributed by atoms with Gasteiger partial charge in [-0.05, 0) is 24.6 Å². The fourth-order valence-corrected chi connectivity index (χ4v) is 1.49. The third kappa shape index (κ3) is 3.44. The molecule has 7 heteroatoms. The van der Waals surface area contributed by atoms with Crippen LogP contribution in [0.3, 0.4) is 0 Å². The first-order valence-electron chi connectivity index (χ1n) is 4.97. The monoisotopic (exact) mass is 327 g/mol. The maximum Gasteiger partial charge on any atom is 0.383 e. The van der Waals surface area contributed by atoms with Crippen LogP contribution in [0.5, 0.6) is 0 Å². The van der Waals surface area contributed by atoms with E-state index in [4.69, 9.17) is 0 Å². The summed E-state index contributed by atoms with van der Waals surface area (Å²) in [6.45, 7) is 1.43. The Morgan fingerprint density at radius 3 is 2.22 bits per heavy atom. The molecule has 1 aromatic rings. The zero-order chi connectivity index (χ0) is 13.9. The lowest BCUT2D eigenvalue weighted by atomic mass is 10.1. The Bertz CT molecular complexity index is 422. The second-order valence-electron chi connectivity index (χ2n) is 3.67. The predicted molar refractivity (Wildman–Crippen MR) is 61.7 cm³/mol. The van der Waals surface area contributed by atoms with E-state index in [9.17, 15) is 22.4 Å². The molecule has 1 N–H and O–H groups in total. The Morgan fingerprint density at radius 1 is 1.28 bits per heavy atom. The molecule has 0 aromatic heterocycles. The molecule has 0 aliphatic carbocycles. The van der Waals surface area contributed by atoms with Crippen LogP contribution in [0.4, 0.5) is 17.6 Å². The number of carbonyl (C=O) groups excluding carboxylic acids is 1. The number of benzene rings is 1. The molecule has 1 aromatic carbocycles. The van der Waals surface area contributed by atoms with Gasteiger partial charge in [-0.1, -0.05) is 28.1 Å². The molecular formula is C11H10BrF4NO. The van der Waals surface area contributed by atoms with E-state index in [0.29, 0.717) is 5.56 Å². The molecule has 0 saturated carbocycles. The van der Waals surface area contributed by atoms with Crippen LogP contribution in [-0.2, 0) is 4.79 Å². The van der Waals surface area contributed by atoms with Crippen molar-refractivity contribution < 1.29 is 22.4 Å². The molecule has 0 bridgehead atoms. The van der Waals surface area contributed by atoms with Gasteiger partial charge in [0.1, 0.15) is 0 Å². The summed E-state index contributed by atoms with van der Waals surface area (Å²) < 4.78 is 50.1. The predicted octanol–water partition coefficient (Wildman–Crippen LogP) is 3.53. The summed E-state index contributed by atoms with van der Waals surface area (Å²) in [6, 6.07) is 5.72. The number of hydrogen-bond acceptors (Lipinski definition) is 1. The van der Waals surface area contributed by atoms with E-state index < -0.39 is 24.3 Å². The minimum Gasteiger partial charge on any atom is -0.344 e. The van der Waals surface area contributed by atoms with Crippen LogP contribution < -0.4 is 5.32 Å². The lowest BCUT2D eigenvalue weighted by Gasteiger charge is -2.19. The molecule has 0 radical (unpaired) electrons. The topological polar surface area (TPSA) is 29.1 Å². The molecule has 1 atom stereocenters. The van der Waals surface area contributed by atoms with Gasteiger partial charge in [0.2, 0.25) is 0 Å². The quantitative estimate of drug-likeness (QED) is 0.842. The molecule has 1 amide bonds. The summed E-state index contributed by atoms with van der Waals surface area (Å²) in [5, 5.41) is 1.85. The number of amides is 1. The molecule has 2 nitrogen and oxygen atoms in total. The first-order chi connectivity index (χ1) is 8.25. The van der Waals surface area contributed by atoms with Gasteiger partial charge in [0.05, 0.1) is 6.04 Å². The van der Waals surface area contributed by atoms with Gasteiger partial charge in [0, 0.05) is 4.47 Å². The molecule has 0 unspecified atom stereocenters. The maximum absolute atomic E-state index is 12.7. The highest BCUT2D eigenvalue weighted by molar-refractivity contribution is 9.10. The second-order valence-corrected chi connectivity index (χ2v) is 4.59. The minimum atomic E-state index is -4.68. The van der Waals surface area contributed by atoms with Gasteiger partial charge in [-0.2, -0.15) is 8.78 Å². The average Bonchev–Trinajstić information content (AvgIpc) is 2.29. The molecule has 0 saturated heterocycles. The molecule has 0 fully saturated rings. The van der Waals surface area contributed by atoms with Crippen molar-refractivity contribution >= 4 is 21.8 Å². The van der Waals surface area contributed by atoms with Crippen molar-refractivity contribution in [1.29, 1.82) is 0 Å². The molecule has 100 valence electrons. The van der Waals surface area contributed by atoms with Crippen molar-refractivity contribution in [2.24, 2.45) is 0 Å². The van der Waals surface area contributed by atoms with Crippen molar-refractivity contribution in [3.63, 3.8) is 0 Å². The molecule has 0 aliphatic heterocycles. The molecule has 0 heterocycles. The Kier molecular flexibility index (Phi) is 4.72. The Balaban J connectivity index is 2.73. The first kappa shape index (κ1) is 14.9. The van der Waals surface area contributed by atoms with Gasteiger partial charge in [-0.3, -0.25) is 4.79 Å². The number of alkyl halides is 4. The van der Waals surface area contributed by atoms with Crippen LogP contribution in [0.2, 0.25) is 0 Å². The average molecular weight is 328 g/mol. The molecule has 18 heavy (non-hydrogen) atoms. The van der Waals surface area contributed by atoms with E-state index >= 15 is 0 Å². The van der Waals surface area contributed by atoms with Crippen LogP contribution in [-0.4, -0.2) is 18.3 Å². The second kappa shape index (κ2) is 5.69. The number of rotatable bonds is 4.